The van der Waals surface area contributed by atoms with E-state index in [1.165, 1.54) is 11.0 Å². The molecular weight excluding hydrogens is 408 g/mol. The third-order valence-corrected chi connectivity index (χ3v) is 6.06. The molecule has 1 aliphatic carbocycles. The third-order valence-electron chi connectivity index (χ3n) is 6.06. The zero-order valence-corrected chi connectivity index (χ0v) is 18.5. The van der Waals surface area contributed by atoms with Crippen LogP contribution in [0.3, 0.4) is 0 Å². The van der Waals surface area contributed by atoms with Gasteiger partial charge in [0, 0.05) is 41.7 Å². The summed E-state index contributed by atoms with van der Waals surface area (Å²) in [5.41, 5.74) is 1.61. The van der Waals surface area contributed by atoms with Gasteiger partial charge in [0.15, 0.2) is 5.78 Å². The second-order valence-corrected chi connectivity index (χ2v) is 9.00. The predicted octanol–water partition coefficient (Wildman–Crippen LogP) is 5.16. The average Bonchev–Trinajstić information content (AvgIpc) is 2.73. The topological polar surface area (TPSA) is 89.8 Å². The lowest BCUT2D eigenvalue weighted by Crippen LogP contribution is -2.44. The maximum absolute atomic E-state index is 13.5. The van der Waals surface area contributed by atoms with Crippen molar-refractivity contribution in [2.75, 3.05) is 11.5 Å². The Balaban J connectivity index is 1.95. The van der Waals surface area contributed by atoms with Crippen LogP contribution in [0.5, 0.6) is 5.75 Å². The number of rotatable bonds is 5. The van der Waals surface area contributed by atoms with Gasteiger partial charge in [0.2, 0.25) is 5.91 Å². The Bertz CT molecular complexity index is 1130. The first-order valence-corrected chi connectivity index (χ1v) is 10.8. The molecule has 0 saturated carbocycles. The molecule has 2 aromatic carbocycles. The molecule has 32 heavy (non-hydrogen) atoms. The Kier molecular flexibility index (Phi) is 5.59. The van der Waals surface area contributed by atoms with Crippen molar-refractivity contribution >= 4 is 23.1 Å². The normalized spacial score (nSPS) is 20.2. The lowest BCUT2D eigenvalue weighted by atomic mass is 9.69. The molecule has 0 spiro atoms. The van der Waals surface area contributed by atoms with Gasteiger partial charge in [-0.2, -0.15) is 0 Å². The van der Waals surface area contributed by atoms with Crippen LogP contribution in [0.15, 0.2) is 59.8 Å². The fraction of sp³-hybridized carbons (Fsp3) is 0.360. The highest BCUT2D eigenvalue weighted by molar-refractivity contribution is 6.08. The van der Waals surface area contributed by atoms with Gasteiger partial charge in [0.1, 0.15) is 11.4 Å². The number of Topliss-reactive ketones (excluding diaryl/α,β-unsaturated/α-hetero) is 1. The van der Waals surface area contributed by atoms with Crippen LogP contribution < -0.4 is 9.64 Å². The molecule has 0 radical (unpaired) electrons. The van der Waals surface area contributed by atoms with Crippen molar-refractivity contribution in [3.63, 3.8) is 0 Å². The highest BCUT2D eigenvalue weighted by Crippen LogP contribution is 2.50. The smallest absolute Gasteiger partial charge is 0.293 e. The molecule has 1 aliphatic heterocycles. The van der Waals surface area contributed by atoms with Gasteiger partial charge in [-0.15, -0.1) is 0 Å². The second kappa shape index (κ2) is 8.22. The van der Waals surface area contributed by atoms with E-state index in [1.807, 2.05) is 45.0 Å². The number of nitrogens with zero attached hydrogens (tertiary/aromatic N) is 2. The zero-order chi connectivity index (χ0) is 23.0. The monoisotopic (exact) mass is 434 g/mol. The summed E-state index contributed by atoms with van der Waals surface area (Å²) in [6.07, 6.45) is 0.873. The summed E-state index contributed by atoms with van der Waals surface area (Å²) in [5.74, 6) is -0.0808. The zero-order valence-electron chi connectivity index (χ0n) is 18.5. The van der Waals surface area contributed by atoms with E-state index in [-0.39, 0.29) is 34.9 Å². The molecule has 1 heterocycles. The van der Waals surface area contributed by atoms with Crippen molar-refractivity contribution in [2.45, 2.75) is 46.0 Å². The van der Waals surface area contributed by atoms with E-state index in [1.54, 1.807) is 18.2 Å². The van der Waals surface area contributed by atoms with Crippen LogP contribution in [0.2, 0.25) is 0 Å². The predicted molar refractivity (Wildman–Crippen MR) is 121 cm³/mol. The van der Waals surface area contributed by atoms with Gasteiger partial charge < -0.3 is 4.74 Å². The summed E-state index contributed by atoms with van der Waals surface area (Å²) in [5, 5.41) is 11.7. The minimum Gasteiger partial charge on any atom is -0.494 e. The molecule has 1 amide bonds. The third kappa shape index (κ3) is 3.79. The number of hydrogen-bond acceptors (Lipinski definition) is 5. The molecule has 2 aromatic rings. The molecule has 1 atom stereocenters. The quantitative estimate of drug-likeness (QED) is 0.479. The molecule has 1 unspecified atom stereocenters. The molecule has 7 nitrogen and oxygen atoms in total. The van der Waals surface area contributed by atoms with Crippen molar-refractivity contribution in [2.24, 2.45) is 5.41 Å². The number of hydrogen-bond donors (Lipinski definition) is 0. The van der Waals surface area contributed by atoms with Gasteiger partial charge in [0.05, 0.1) is 11.5 Å². The van der Waals surface area contributed by atoms with E-state index in [2.05, 4.69) is 0 Å². The van der Waals surface area contributed by atoms with E-state index in [9.17, 15) is 19.7 Å². The number of amides is 1. The molecule has 2 aliphatic rings. The summed E-state index contributed by atoms with van der Waals surface area (Å²) in [6.45, 7) is 6.31. The van der Waals surface area contributed by atoms with Gasteiger partial charge in [-0.1, -0.05) is 44.2 Å². The first kappa shape index (κ1) is 21.7. The number of allylic oxidation sites excluding steroid dienone is 2. The lowest BCUT2D eigenvalue weighted by Gasteiger charge is -2.42. The Morgan fingerprint density at radius 3 is 2.50 bits per heavy atom. The molecule has 7 heteroatoms. The van der Waals surface area contributed by atoms with Crippen molar-refractivity contribution in [3.05, 3.63) is 75.5 Å². The number of nitro groups is 1. The Morgan fingerprint density at radius 2 is 1.78 bits per heavy atom. The molecule has 0 N–H and O–H groups in total. The number of ether oxygens (including phenoxy) is 1. The lowest BCUT2D eigenvalue weighted by molar-refractivity contribution is -0.384. The fourth-order valence-electron chi connectivity index (χ4n) is 4.82. The number of carbonyl (C=O) groups is 2. The Labute approximate surface area is 186 Å². The van der Waals surface area contributed by atoms with Crippen LogP contribution in [0, 0.1) is 15.5 Å². The van der Waals surface area contributed by atoms with Crippen molar-refractivity contribution in [1.29, 1.82) is 0 Å². The second-order valence-electron chi connectivity index (χ2n) is 9.00. The molecule has 0 saturated heterocycles. The number of carbonyl (C=O) groups excluding carboxylic acids is 2. The number of benzene rings is 2. The summed E-state index contributed by atoms with van der Waals surface area (Å²) >= 11 is 0. The van der Waals surface area contributed by atoms with Gasteiger partial charge in [-0.3, -0.25) is 24.6 Å². The molecule has 0 aromatic heterocycles. The van der Waals surface area contributed by atoms with Crippen LogP contribution in [0.25, 0.3) is 0 Å². The number of anilines is 1. The highest BCUT2D eigenvalue weighted by atomic mass is 16.6. The van der Waals surface area contributed by atoms with Gasteiger partial charge in [-0.05, 0) is 30.9 Å². The van der Waals surface area contributed by atoms with Gasteiger partial charge in [0.25, 0.3) is 5.69 Å². The van der Waals surface area contributed by atoms with Crippen LogP contribution >= 0.6 is 0 Å². The minimum absolute atomic E-state index is 0.0244. The first-order valence-electron chi connectivity index (χ1n) is 10.8. The van der Waals surface area contributed by atoms with Crippen LogP contribution in [0.4, 0.5) is 11.4 Å². The van der Waals surface area contributed by atoms with Gasteiger partial charge >= 0.3 is 0 Å². The summed E-state index contributed by atoms with van der Waals surface area (Å²) in [6, 6.07) is 13.7. The molecule has 0 fully saturated rings. The standard InChI is InChI=1S/C25H26N2O5/c1-4-32-22-12-8-5-9-16(22)17-13-23(29)26(18-10-6-7-11-19(18)27(30)31)20-14-25(2,3)15-21(28)24(17)20/h5-12,17H,4,13-15H2,1-3H3. The Hall–Kier alpha value is -3.48. The van der Waals surface area contributed by atoms with Gasteiger partial charge in [-0.25, -0.2) is 0 Å². The first-order chi connectivity index (χ1) is 15.2. The maximum Gasteiger partial charge on any atom is 0.293 e. The molecule has 0 bridgehead atoms. The highest BCUT2D eigenvalue weighted by Gasteiger charge is 2.46. The number of ketones is 1. The summed E-state index contributed by atoms with van der Waals surface area (Å²) in [4.78, 5) is 39.6. The molecule has 4 rings (SSSR count). The van der Waals surface area contributed by atoms with Crippen molar-refractivity contribution < 1.29 is 19.2 Å². The van der Waals surface area contributed by atoms with E-state index in [0.29, 0.717) is 36.5 Å². The molecule has 166 valence electrons. The largest absolute Gasteiger partial charge is 0.494 e. The van der Waals surface area contributed by atoms with Crippen molar-refractivity contribution in [1.82, 2.24) is 0 Å². The summed E-state index contributed by atoms with van der Waals surface area (Å²) in [7, 11) is 0. The van der Waals surface area contributed by atoms with E-state index >= 15 is 0 Å². The average molecular weight is 434 g/mol. The van der Waals surface area contributed by atoms with Crippen LogP contribution in [-0.4, -0.2) is 23.2 Å². The number of nitro benzene ring substituents is 1. The van der Waals surface area contributed by atoms with E-state index in [0.717, 1.165) is 5.56 Å². The van der Waals surface area contributed by atoms with E-state index < -0.39 is 10.8 Å². The number of para-hydroxylation sites is 3. The van der Waals surface area contributed by atoms with Crippen LogP contribution in [0.1, 0.15) is 51.5 Å². The van der Waals surface area contributed by atoms with Crippen molar-refractivity contribution in [3.8, 4) is 5.75 Å². The minimum atomic E-state index is -0.491. The summed E-state index contributed by atoms with van der Waals surface area (Å²) < 4.78 is 5.80. The molecular formula is C25H26N2O5. The van der Waals surface area contributed by atoms with E-state index in [4.69, 9.17) is 4.74 Å². The SMILES string of the molecule is CCOc1ccccc1C1CC(=O)N(c2ccccc2[N+](=O)[O-])C2=C1C(=O)CC(C)(C)C2. The fourth-order valence-corrected chi connectivity index (χ4v) is 4.82. The Morgan fingerprint density at radius 1 is 1.09 bits per heavy atom. The maximum atomic E-state index is 13.5. The van der Waals surface area contributed by atoms with Crippen LogP contribution in [-0.2, 0) is 9.59 Å².